The average molecular weight is 217 g/mol. The van der Waals surface area contributed by atoms with E-state index in [0.717, 1.165) is 24.1 Å². The fraction of sp³-hybridized carbons (Fsp3) is 0.364. The van der Waals surface area contributed by atoms with Crippen LogP contribution in [0.1, 0.15) is 0 Å². The van der Waals surface area contributed by atoms with Gasteiger partial charge in [-0.25, -0.2) is 9.97 Å². The van der Waals surface area contributed by atoms with Crippen LogP contribution in [0.4, 0.5) is 5.95 Å². The summed E-state index contributed by atoms with van der Waals surface area (Å²) < 4.78 is 0. The van der Waals surface area contributed by atoms with Gasteiger partial charge < -0.3 is 10.2 Å². The van der Waals surface area contributed by atoms with E-state index < -0.39 is 0 Å². The zero-order valence-electron chi connectivity index (χ0n) is 9.51. The number of aromatic nitrogens is 3. The summed E-state index contributed by atoms with van der Waals surface area (Å²) in [4.78, 5) is 14.8. The number of rotatable bonds is 4. The summed E-state index contributed by atoms with van der Waals surface area (Å²) in [6.45, 7) is 1.77. The number of fused-ring (bicyclic) bond motifs is 1. The van der Waals surface area contributed by atoms with Crippen LogP contribution < -0.4 is 5.32 Å². The first kappa shape index (κ1) is 10.8. The molecule has 5 heteroatoms. The molecule has 0 saturated carbocycles. The number of nitrogens with one attached hydrogen (secondary N) is 1. The van der Waals surface area contributed by atoms with E-state index in [1.165, 1.54) is 0 Å². The third-order valence-corrected chi connectivity index (χ3v) is 2.20. The Hall–Kier alpha value is -1.75. The Kier molecular flexibility index (Phi) is 3.26. The fourth-order valence-electron chi connectivity index (χ4n) is 1.34. The van der Waals surface area contributed by atoms with Gasteiger partial charge in [-0.15, -0.1) is 0 Å². The quantitative estimate of drug-likeness (QED) is 0.828. The second-order valence-electron chi connectivity index (χ2n) is 3.84. The van der Waals surface area contributed by atoms with Crippen molar-refractivity contribution in [3.63, 3.8) is 0 Å². The lowest BCUT2D eigenvalue weighted by molar-refractivity contribution is 0.425. The molecule has 0 amide bonds. The van der Waals surface area contributed by atoms with E-state index >= 15 is 0 Å². The van der Waals surface area contributed by atoms with Crippen molar-refractivity contribution in [2.24, 2.45) is 0 Å². The molecule has 0 spiro atoms. The Morgan fingerprint density at radius 1 is 1.31 bits per heavy atom. The smallest absolute Gasteiger partial charge is 0.224 e. The van der Waals surface area contributed by atoms with Gasteiger partial charge in [-0.2, -0.15) is 4.98 Å². The molecule has 0 saturated heterocycles. The van der Waals surface area contributed by atoms with Crippen molar-refractivity contribution in [2.45, 2.75) is 0 Å². The topological polar surface area (TPSA) is 53.9 Å². The van der Waals surface area contributed by atoms with Crippen molar-refractivity contribution in [1.82, 2.24) is 19.9 Å². The summed E-state index contributed by atoms with van der Waals surface area (Å²) in [5, 5.41) is 4.12. The number of nitrogens with zero attached hydrogens (tertiary/aromatic N) is 4. The van der Waals surface area contributed by atoms with Crippen molar-refractivity contribution >= 4 is 17.0 Å². The molecule has 2 rings (SSSR count). The molecule has 5 nitrogen and oxygen atoms in total. The Bertz CT molecular complexity index is 469. The third kappa shape index (κ3) is 2.64. The SMILES string of the molecule is CN(C)CCNc1ncc2cccnc2n1. The van der Waals surface area contributed by atoms with Crippen LogP contribution in [0.2, 0.25) is 0 Å². The van der Waals surface area contributed by atoms with Crippen LogP contribution in [0.15, 0.2) is 24.5 Å². The number of likely N-dealkylation sites (N-methyl/N-ethyl adjacent to an activating group) is 1. The molecule has 2 aromatic heterocycles. The second-order valence-corrected chi connectivity index (χ2v) is 3.84. The minimum atomic E-state index is 0.632. The predicted molar refractivity (Wildman–Crippen MR) is 64.4 cm³/mol. The van der Waals surface area contributed by atoms with Gasteiger partial charge in [0.1, 0.15) is 0 Å². The van der Waals surface area contributed by atoms with Gasteiger partial charge in [-0.3, -0.25) is 0 Å². The lowest BCUT2D eigenvalue weighted by Gasteiger charge is -2.10. The monoisotopic (exact) mass is 217 g/mol. The Balaban J connectivity index is 2.08. The van der Waals surface area contributed by atoms with E-state index in [-0.39, 0.29) is 0 Å². The van der Waals surface area contributed by atoms with Crippen molar-refractivity contribution < 1.29 is 0 Å². The van der Waals surface area contributed by atoms with Crippen molar-refractivity contribution in [2.75, 3.05) is 32.5 Å². The highest BCUT2D eigenvalue weighted by molar-refractivity contribution is 5.74. The highest BCUT2D eigenvalue weighted by Crippen LogP contribution is 2.08. The van der Waals surface area contributed by atoms with Crippen LogP contribution in [0.3, 0.4) is 0 Å². The maximum atomic E-state index is 4.32. The van der Waals surface area contributed by atoms with E-state index in [1.54, 1.807) is 12.4 Å². The molecule has 2 heterocycles. The molecule has 0 aliphatic rings. The van der Waals surface area contributed by atoms with Gasteiger partial charge in [-0.1, -0.05) is 0 Å². The molecule has 0 radical (unpaired) electrons. The van der Waals surface area contributed by atoms with E-state index in [4.69, 9.17) is 0 Å². The molecule has 0 atom stereocenters. The largest absolute Gasteiger partial charge is 0.353 e. The molecule has 0 aromatic carbocycles. The highest BCUT2D eigenvalue weighted by atomic mass is 15.1. The molecule has 84 valence electrons. The summed E-state index contributed by atoms with van der Waals surface area (Å²) in [5.41, 5.74) is 0.727. The summed E-state index contributed by atoms with van der Waals surface area (Å²) in [6, 6.07) is 3.83. The van der Waals surface area contributed by atoms with Crippen LogP contribution >= 0.6 is 0 Å². The molecule has 1 N–H and O–H groups in total. The first-order valence-corrected chi connectivity index (χ1v) is 5.22. The van der Waals surface area contributed by atoms with Gasteiger partial charge in [0.05, 0.1) is 0 Å². The Morgan fingerprint density at radius 3 is 3.00 bits per heavy atom. The molecule has 0 aliphatic carbocycles. The molecule has 0 aliphatic heterocycles. The van der Waals surface area contributed by atoms with Crippen molar-refractivity contribution in [3.05, 3.63) is 24.5 Å². The third-order valence-electron chi connectivity index (χ3n) is 2.20. The normalized spacial score (nSPS) is 10.9. The first-order valence-electron chi connectivity index (χ1n) is 5.22. The number of hydrogen-bond donors (Lipinski definition) is 1. The van der Waals surface area contributed by atoms with Gasteiger partial charge >= 0.3 is 0 Å². The van der Waals surface area contributed by atoms with Crippen molar-refractivity contribution in [3.8, 4) is 0 Å². The molecular weight excluding hydrogens is 202 g/mol. The van der Waals surface area contributed by atoms with Crippen LogP contribution in [0, 0.1) is 0 Å². The molecular formula is C11H15N5. The highest BCUT2D eigenvalue weighted by Gasteiger charge is 1.99. The standard InChI is InChI=1S/C11H15N5/c1-16(2)7-6-13-11-14-8-9-4-3-5-12-10(9)15-11/h3-5,8H,6-7H2,1-2H3,(H,12,13,14,15). The Morgan fingerprint density at radius 2 is 2.19 bits per heavy atom. The van der Waals surface area contributed by atoms with E-state index in [2.05, 4.69) is 25.2 Å². The van der Waals surface area contributed by atoms with Crippen LogP contribution in [0.25, 0.3) is 11.0 Å². The number of anilines is 1. The summed E-state index contributed by atoms with van der Waals surface area (Å²) >= 11 is 0. The number of hydrogen-bond acceptors (Lipinski definition) is 5. The molecule has 2 aromatic rings. The van der Waals surface area contributed by atoms with Gasteiger partial charge in [0.25, 0.3) is 0 Å². The van der Waals surface area contributed by atoms with Crippen molar-refractivity contribution in [1.29, 1.82) is 0 Å². The second kappa shape index (κ2) is 4.85. The van der Waals surface area contributed by atoms with Crippen LogP contribution in [-0.2, 0) is 0 Å². The molecule has 0 unspecified atom stereocenters. The van der Waals surface area contributed by atoms with Gasteiger partial charge in [0, 0.05) is 30.9 Å². The van der Waals surface area contributed by atoms with Gasteiger partial charge in [0.15, 0.2) is 5.65 Å². The van der Waals surface area contributed by atoms with E-state index in [1.807, 2.05) is 26.2 Å². The number of pyridine rings is 1. The minimum Gasteiger partial charge on any atom is -0.353 e. The lowest BCUT2D eigenvalue weighted by Crippen LogP contribution is -2.21. The summed E-state index contributed by atoms with van der Waals surface area (Å²) in [5.74, 6) is 0.632. The van der Waals surface area contributed by atoms with Crippen LogP contribution in [0.5, 0.6) is 0 Å². The molecule has 0 bridgehead atoms. The average Bonchev–Trinajstić information content (AvgIpc) is 2.28. The predicted octanol–water partition coefficient (Wildman–Crippen LogP) is 0.998. The lowest BCUT2D eigenvalue weighted by atomic mass is 10.3. The summed E-state index contributed by atoms with van der Waals surface area (Å²) in [7, 11) is 4.06. The fourth-order valence-corrected chi connectivity index (χ4v) is 1.34. The van der Waals surface area contributed by atoms with Gasteiger partial charge in [-0.05, 0) is 26.2 Å². The first-order chi connectivity index (χ1) is 7.75. The zero-order chi connectivity index (χ0) is 11.4. The molecule has 16 heavy (non-hydrogen) atoms. The minimum absolute atomic E-state index is 0.632. The van der Waals surface area contributed by atoms with Gasteiger partial charge in [0.2, 0.25) is 5.95 Å². The zero-order valence-corrected chi connectivity index (χ0v) is 9.51. The van der Waals surface area contributed by atoms with Crippen LogP contribution in [-0.4, -0.2) is 47.0 Å². The van der Waals surface area contributed by atoms with E-state index in [0.29, 0.717) is 5.95 Å². The maximum absolute atomic E-state index is 4.32. The Labute approximate surface area is 94.5 Å². The summed E-state index contributed by atoms with van der Waals surface area (Å²) in [6.07, 6.45) is 3.52. The maximum Gasteiger partial charge on any atom is 0.224 e. The molecule has 0 fully saturated rings. The van der Waals surface area contributed by atoms with E-state index in [9.17, 15) is 0 Å².